The SMILES string of the molecule is COc1ccc(S(=O)(=O)N2CCCC2)cc1CCC(=O)Nc1ccc(C)cc1C. The van der Waals surface area contributed by atoms with Gasteiger partial charge in [0, 0.05) is 25.2 Å². The monoisotopic (exact) mass is 416 g/mol. The van der Waals surface area contributed by atoms with E-state index in [1.165, 1.54) is 4.31 Å². The van der Waals surface area contributed by atoms with Crippen molar-refractivity contribution in [3.8, 4) is 5.75 Å². The molecular weight excluding hydrogens is 388 g/mol. The lowest BCUT2D eigenvalue weighted by Gasteiger charge is -2.17. The van der Waals surface area contributed by atoms with E-state index in [4.69, 9.17) is 4.74 Å². The Balaban J connectivity index is 1.73. The maximum absolute atomic E-state index is 12.8. The molecule has 0 aliphatic carbocycles. The average Bonchev–Trinajstić information content (AvgIpc) is 3.24. The highest BCUT2D eigenvalue weighted by Gasteiger charge is 2.27. The molecule has 29 heavy (non-hydrogen) atoms. The molecule has 7 heteroatoms. The van der Waals surface area contributed by atoms with Crippen LogP contribution in [0.15, 0.2) is 41.3 Å². The normalized spacial score (nSPS) is 14.7. The van der Waals surface area contributed by atoms with Gasteiger partial charge in [0.1, 0.15) is 5.75 Å². The third-order valence-corrected chi connectivity index (χ3v) is 7.13. The fraction of sp³-hybridized carbons (Fsp3) is 0.409. The number of carbonyl (C=O) groups is 1. The molecular formula is C22H28N2O4S. The van der Waals surface area contributed by atoms with E-state index in [0.717, 1.165) is 29.7 Å². The minimum absolute atomic E-state index is 0.119. The predicted octanol–water partition coefficient (Wildman–Crippen LogP) is 3.67. The van der Waals surface area contributed by atoms with Gasteiger partial charge in [-0.15, -0.1) is 0 Å². The molecule has 1 heterocycles. The van der Waals surface area contributed by atoms with E-state index >= 15 is 0 Å². The lowest BCUT2D eigenvalue weighted by atomic mass is 10.1. The summed E-state index contributed by atoms with van der Waals surface area (Å²) in [6.07, 6.45) is 2.40. The van der Waals surface area contributed by atoms with E-state index in [2.05, 4.69) is 5.32 Å². The second-order valence-corrected chi connectivity index (χ2v) is 9.39. The van der Waals surface area contributed by atoms with Crippen molar-refractivity contribution in [3.05, 3.63) is 53.1 Å². The molecule has 0 unspecified atom stereocenters. The van der Waals surface area contributed by atoms with Gasteiger partial charge in [0.15, 0.2) is 0 Å². The lowest BCUT2D eigenvalue weighted by Crippen LogP contribution is -2.28. The zero-order valence-electron chi connectivity index (χ0n) is 17.2. The van der Waals surface area contributed by atoms with Gasteiger partial charge in [-0.25, -0.2) is 8.42 Å². The summed E-state index contributed by atoms with van der Waals surface area (Å²) >= 11 is 0. The van der Waals surface area contributed by atoms with Crippen molar-refractivity contribution in [1.29, 1.82) is 0 Å². The summed E-state index contributed by atoms with van der Waals surface area (Å²) in [6.45, 7) is 5.08. The van der Waals surface area contributed by atoms with Crippen molar-refractivity contribution in [2.24, 2.45) is 0 Å². The summed E-state index contributed by atoms with van der Waals surface area (Å²) < 4.78 is 32.6. The summed E-state index contributed by atoms with van der Waals surface area (Å²) in [7, 11) is -1.96. The topological polar surface area (TPSA) is 75.7 Å². The van der Waals surface area contributed by atoms with Gasteiger partial charge in [0.2, 0.25) is 15.9 Å². The highest BCUT2D eigenvalue weighted by molar-refractivity contribution is 7.89. The Kier molecular flexibility index (Phi) is 6.59. The van der Waals surface area contributed by atoms with Gasteiger partial charge in [-0.2, -0.15) is 4.31 Å². The number of rotatable bonds is 7. The first-order chi connectivity index (χ1) is 13.8. The number of nitrogens with one attached hydrogen (secondary N) is 1. The third kappa shape index (κ3) is 4.97. The number of methoxy groups -OCH3 is 1. The van der Waals surface area contributed by atoms with Crippen LogP contribution in [0.2, 0.25) is 0 Å². The summed E-state index contributed by atoms with van der Waals surface area (Å²) in [6, 6.07) is 10.7. The van der Waals surface area contributed by atoms with Crippen molar-refractivity contribution in [3.63, 3.8) is 0 Å². The van der Waals surface area contributed by atoms with Crippen LogP contribution >= 0.6 is 0 Å². The molecule has 0 bridgehead atoms. The van der Waals surface area contributed by atoms with Crippen LogP contribution in [0.5, 0.6) is 5.75 Å². The quantitative estimate of drug-likeness (QED) is 0.747. The zero-order chi connectivity index (χ0) is 21.0. The van der Waals surface area contributed by atoms with Crippen LogP contribution in [0.3, 0.4) is 0 Å². The summed E-state index contributed by atoms with van der Waals surface area (Å²) in [5.74, 6) is 0.469. The van der Waals surface area contributed by atoms with Crippen LogP contribution in [-0.4, -0.2) is 38.8 Å². The van der Waals surface area contributed by atoms with Gasteiger partial charge in [0.05, 0.1) is 12.0 Å². The zero-order valence-corrected chi connectivity index (χ0v) is 18.0. The molecule has 1 aliphatic rings. The van der Waals surface area contributed by atoms with Gasteiger partial charge in [0.25, 0.3) is 0 Å². The van der Waals surface area contributed by atoms with Gasteiger partial charge < -0.3 is 10.1 Å². The Labute approximate surface area is 172 Å². The number of sulfonamides is 1. The standard InChI is InChI=1S/C22H28N2O4S/c1-16-6-9-20(17(2)14-16)23-22(25)11-7-18-15-19(8-10-21(18)28-3)29(26,27)24-12-4-5-13-24/h6,8-10,14-15H,4-5,7,11-13H2,1-3H3,(H,23,25). The Bertz CT molecular complexity index is 996. The third-order valence-electron chi connectivity index (χ3n) is 5.23. The molecule has 0 saturated carbocycles. The molecule has 1 aliphatic heterocycles. The maximum atomic E-state index is 12.8. The van der Waals surface area contributed by atoms with Crippen LogP contribution in [0.4, 0.5) is 5.69 Å². The number of amides is 1. The average molecular weight is 417 g/mol. The van der Waals surface area contributed by atoms with Crippen LogP contribution in [0, 0.1) is 13.8 Å². The van der Waals surface area contributed by atoms with Crippen molar-refractivity contribution in [1.82, 2.24) is 4.31 Å². The molecule has 1 amide bonds. The Morgan fingerprint density at radius 2 is 1.83 bits per heavy atom. The van der Waals surface area contributed by atoms with Gasteiger partial charge in [-0.05, 0) is 68.5 Å². The minimum atomic E-state index is -3.51. The summed E-state index contributed by atoms with van der Waals surface area (Å²) in [4.78, 5) is 12.7. The van der Waals surface area contributed by atoms with Crippen molar-refractivity contribution in [2.45, 2.75) is 44.4 Å². The molecule has 156 valence electrons. The first-order valence-corrected chi connectivity index (χ1v) is 11.3. The number of ether oxygens (including phenoxy) is 1. The number of hydrogen-bond donors (Lipinski definition) is 1. The van der Waals surface area contributed by atoms with Crippen LogP contribution in [0.1, 0.15) is 36.0 Å². The Morgan fingerprint density at radius 1 is 1.10 bits per heavy atom. The molecule has 0 aromatic heterocycles. The number of hydrogen-bond acceptors (Lipinski definition) is 4. The van der Waals surface area contributed by atoms with Crippen molar-refractivity contribution >= 4 is 21.6 Å². The maximum Gasteiger partial charge on any atom is 0.243 e. The molecule has 1 saturated heterocycles. The van der Waals surface area contributed by atoms with E-state index in [-0.39, 0.29) is 17.2 Å². The first kappa shape index (κ1) is 21.3. The van der Waals surface area contributed by atoms with Gasteiger partial charge >= 0.3 is 0 Å². The van der Waals surface area contributed by atoms with Crippen molar-refractivity contribution in [2.75, 3.05) is 25.5 Å². The predicted molar refractivity (Wildman–Crippen MR) is 114 cm³/mol. The van der Waals surface area contributed by atoms with Crippen LogP contribution < -0.4 is 10.1 Å². The second kappa shape index (κ2) is 8.97. The first-order valence-electron chi connectivity index (χ1n) is 9.85. The van der Waals surface area contributed by atoms with E-state index in [9.17, 15) is 13.2 Å². The molecule has 2 aromatic carbocycles. The fourth-order valence-electron chi connectivity index (χ4n) is 3.60. The van der Waals surface area contributed by atoms with E-state index < -0.39 is 10.0 Å². The Morgan fingerprint density at radius 3 is 2.48 bits per heavy atom. The molecule has 3 rings (SSSR count). The number of aryl methyl sites for hydroxylation is 3. The molecule has 0 radical (unpaired) electrons. The molecule has 6 nitrogen and oxygen atoms in total. The summed E-state index contributed by atoms with van der Waals surface area (Å²) in [5, 5.41) is 2.93. The lowest BCUT2D eigenvalue weighted by molar-refractivity contribution is -0.116. The molecule has 2 aromatic rings. The number of benzene rings is 2. The molecule has 1 fully saturated rings. The molecule has 0 spiro atoms. The van der Waals surface area contributed by atoms with Crippen LogP contribution in [0.25, 0.3) is 0 Å². The van der Waals surface area contributed by atoms with E-state index in [0.29, 0.717) is 30.8 Å². The smallest absolute Gasteiger partial charge is 0.243 e. The fourth-order valence-corrected chi connectivity index (χ4v) is 5.17. The van der Waals surface area contributed by atoms with E-state index in [1.54, 1.807) is 25.3 Å². The largest absolute Gasteiger partial charge is 0.496 e. The highest BCUT2D eigenvalue weighted by atomic mass is 32.2. The van der Waals surface area contributed by atoms with Gasteiger partial charge in [-0.3, -0.25) is 4.79 Å². The van der Waals surface area contributed by atoms with Crippen LogP contribution in [-0.2, 0) is 21.2 Å². The molecule has 1 N–H and O–H groups in total. The second-order valence-electron chi connectivity index (χ2n) is 7.45. The number of nitrogens with zero attached hydrogens (tertiary/aromatic N) is 1. The van der Waals surface area contributed by atoms with Crippen molar-refractivity contribution < 1.29 is 17.9 Å². The highest BCUT2D eigenvalue weighted by Crippen LogP contribution is 2.27. The molecule has 0 atom stereocenters. The Hall–Kier alpha value is -2.38. The van der Waals surface area contributed by atoms with E-state index in [1.807, 2.05) is 32.0 Å². The minimum Gasteiger partial charge on any atom is -0.496 e. The summed E-state index contributed by atoms with van der Waals surface area (Å²) in [5.41, 5.74) is 3.65. The number of anilines is 1. The van der Waals surface area contributed by atoms with Gasteiger partial charge in [-0.1, -0.05) is 17.7 Å². The number of carbonyl (C=O) groups excluding carboxylic acids is 1.